The molecule has 2 N–H and O–H groups in total. The standard InChI is InChI=1S/C17H20N2S/c1-2-14-7-8-15(20-14)12-19-11-13(9-10-18)16-5-3-4-6-17(16)19/h3-8,11H,2,9-10,12,18H2,1H3. The van der Waals surface area contributed by atoms with Gasteiger partial charge in [-0.15, -0.1) is 11.3 Å². The molecule has 3 rings (SSSR count). The number of rotatable bonds is 5. The van der Waals surface area contributed by atoms with Gasteiger partial charge in [-0.1, -0.05) is 25.1 Å². The summed E-state index contributed by atoms with van der Waals surface area (Å²) in [6.45, 7) is 3.86. The quantitative estimate of drug-likeness (QED) is 0.759. The number of aryl methyl sites for hydroxylation is 1. The molecule has 2 heterocycles. The highest BCUT2D eigenvalue weighted by atomic mass is 32.1. The van der Waals surface area contributed by atoms with Crippen molar-refractivity contribution >= 4 is 22.2 Å². The Morgan fingerprint density at radius 2 is 1.90 bits per heavy atom. The van der Waals surface area contributed by atoms with Gasteiger partial charge in [0.25, 0.3) is 0 Å². The molecule has 0 bridgehead atoms. The van der Waals surface area contributed by atoms with Gasteiger partial charge in [0.15, 0.2) is 0 Å². The number of thiophene rings is 1. The summed E-state index contributed by atoms with van der Waals surface area (Å²) in [5, 5.41) is 1.34. The minimum atomic E-state index is 0.701. The summed E-state index contributed by atoms with van der Waals surface area (Å²) >= 11 is 1.91. The first kappa shape index (κ1) is 13.4. The zero-order valence-corrected chi connectivity index (χ0v) is 12.6. The summed E-state index contributed by atoms with van der Waals surface area (Å²) in [5.74, 6) is 0. The average molecular weight is 284 g/mol. The van der Waals surface area contributed by atoms with Crippen molar-refractivity contribution in [2.45, 2.75) is 26.3 Å². The van der Waals surface area contributed by atoms with Crippen LogP contribution in [0.3, 0.4) is 0 Å². The fourth-order valence-corrected chi connectivity index (χ4v) is 3.63. The fourth-order valence-electron chi connectivity index (χ4n) is 2.67. The van der Waals surface area contributed by atoms with E-state index in [2.05, 4.69) is 54.1 Å². The van der Waals surface area contributed by atoms with Crippen LogP contribution in [-0.4, -0.2) is 11.1 Å². The van der Waals surface area contributed by atoms with Crippen LogP contribution in [0.5, 0.6) is 0 Å². The van der Waals surface area contributed by atoms with E-state index in [9.17, 15) is 0 Å². The Bertz CT molecular complexity index is 709. The Labute approximate surface area is 123 Å². The molecule has 3 aromatic rings. The van der Waals surface area contributed by atoms with Gasteiger partial charge in [-0.25, -0.2) is 0 Å². The number of fused-ring (bicyclic) bond motifs is 1. The highest BCUT2D eigenvalue weighted by Gasteiger charge is 2.08. The van der Waals surface area contributed by atoms with E-state index in [1.807, 2.05) is 11.3 Å². The van der Waals surface area contributed by atoms with Crippen LogP contribution < -0.4 is 5.73 Å². The zero-order valence-electron chi connectivity index (χ0n) is 11.8. The first-order chi connectivity index (χ1) is 9.81. The topological polar surface area (TPSA) is 30.9 Å². The molecule has 0 fully saturated rings. The van der Waals surface area contributed by atoms with Gasteiger partial charge in [0, 0.05) is 26.9 Å². The second kappa shape index (κ2) is 5.81. The number of para-hydroxylation sites is 1. The second-order valence-corrected chi connectivity index (χ2v) is 6.31. The maximum atomic E-state index is 5.73. The van der Waals surface area contributed by atoms with E-state index >= 15 is 0 Å². The molecule has 0 saturated heterocycles. The Morgan fingerprint density at radius 3 is 2.65 bits per heavy atom. The van der Waals surface area contributed by atoms with Crippen molar-refractivity contribution in [1.29, 1.82) is 0 Å². The predicted octanol–water partition coefficient (Wildman–Crippen LogP) is 3.81. The third-order valence-electron chi connectivity index (χ3n) is 3.68. The molecule has 0 aliphatic heterocycles. The predicted molar refractivity (Wildman–Crippen MR) is 87.5 cm³/mol. The SMILES string of the molecule is CCc1ccc(Cn2cc(CCN)c3ccccc32)s1. The van der Waals surface area contributed by atoms with Gasteiger partial charge < -0.3 is 10.3 Å². The Morgan fingerprint density at radius 1 is 1.10 bits per heavy atom. The molecule has 2 nitrogen and oxygen atoms in total. The van der Waals surface area contributed by atoms with Gasteiger partial charge in [-0.2, -0.15) is 0 Å². The van der Waals surface area contributed by atoms with Crippen molar-refractivity contribution in [1.82, 2.24) is 4.57 Å². The first-order valence-electron chi connectivity index (χ1n) is 7.16. The molecule has 104 valence electrons. The van der Waals surface area contributed by atoms with Gasteiger partial charge >= 0.3 is 0 Å². The molecule has 0 unspecified atom stereocenters. The van der Waals surface area contributed by atoms with Gasteiger partial charge in [0.1, 0.15) is 0 Å². The van der Waals surface area contributed by atoms with E-state index in [0.717, 1.165) is 19.4 Å². The highest BCUT2D eigenvalue weighted by Crippen LogP contribution is 2.25. The van der Waals surface area contributed by atoms with Crippen LogP contribution in [0.1, 0.15) is 22.2 Å². The van der Waals surface area contributed by atoms with Crippen molar-refractivity contribution in [2.75, 3.05) is 6.54 Å². The number of nitrogens with two attached hydrogens (primary N) is 1. The molecule has 0 spiro atoms. The molecule has 0 radical (unpaired) electrons. The molecule has 0 aliphatic carbocycles. The molecular formula is C17H20N2S. The van der Waals surface area contributed by atoms with Crippen LogP contribution in [0.4, 0.5) is 0 Å². The average Bonchev–Trinajstić information content (AvgIpc) is 3.06. The van der Waals surface area contributed by atoms with Crippen molar-refractivity contribution in [2.24, 2.45) is 5.73 Å². The Kier molecular flexibility index (Phi) is 3.90. The van der Waals surface area contributed by atoms with Gasteiger partial charge in [0.05, 0.1) is 6.54 Å². The van der Waals surface area contributed by atoms with E-state index in [4.69, 9.17) is 5.73 Å². The van der Waals surface area contributed by atoms with E-state index in [1.165, 1.54) is 26.2 Å². The zero-order chi connectivity index (χ0) is 13.9. The van der Waals surface area contributed by atoms with E-state index in [-0.39, 0.29) is 0 Å². The lowest BCUT2D eigenvalue weighted by Gasteiger charge is -2.02. The first-order valence-corrected chi connectivity index (χ1v) is 7.98. The fraction of sp³-hybridized carbons (Fsp3) is 0.294. The lowest BCUT2D eigenvalue weighted by Crippen LogP contribution is -2.02. The van der Waals surface area contributed by atoms with Crippen LogP contribution in [0.25, 0.3) is 10.9 Å². The largest absolute Gasteiger partial charge is 0.342 e. The Balaban J connectivity index is 1.98. The van der Waals surface area contributed by atoms with Gasteiger partial charge in [0.2, 0.25) is 0 Å². The third-order valence-corrected chi connectivity index (χ3v) is 4.89. The summed E-state index contributed by atoms with van der Waals surface area (Å²) in [6.07, 6.45) is 4.33. The minimum Gasteiger partial charge on any atom is -0.342 e. The Hall–Kier alpha value is -1.58. The van der Waals surface area contributed by atoms with Crippen LogP contribution in [-0.2, 0) is 19.4 Å². The van der Waals surface area contributed by atoms with Crippen molar-refractivity contribution in [3.63, 3.8) is 0 Å². The third kappa shape index (κ3) is 2.51. The van der Waals surface area contributed by atoms with Gasteiger partial charge in [-0.3, -0.25) is 0 Å². The summed E-state index contributed by atoms with van der Waals surface area (Å²) < 4.78 is 2.35. The normalized spacial score (nSPS) is 11.3. The number of aromatic nitrogens is 1. The summed E-state index contributed by atoms with van der Waals surface area (Å²) in [5.41, 5.74) is 8.39. The van der Waals surface area contributed by atoms with E-state index in [1.54, 1.807) is 0 Å². The summed E-state index contributed by atoms with van der Waals surface area (Å²) in [6, 6.07) is 13.1. The maximum Gasteiger partial charge on any atom is 0.0569 e. The molecular weight excluding hydrogens is 264 g/mol. The minimum absolute atomic E-state index is 0.701. The molecule has 0 amide bonds. The molecule has 20 heavy (non-hydrogen) atoms. The number of hydrogen-bond acceptors (Lipinski definition) is 2. The summed E-state index contributed by atoms with van der Waals surface area (Å²) in [4.78, 5) is 2.88. The second-order valence-electron chi connectivity index (χ2n) is 5.06. The number of hydrogen-bond donors (Lipinski definition) is 1. The van der Waals surface area contributed by atoms with Crippen LogP contribution in [0, 0.1) is 0 Å². The number of nitrogens with zero attached hydrogens (tertiary/aromatic N) is 1. The van der Waals surface area contributed by atoms with Crippen molar-refractivity contribution in [3.05, 3.63) is 57.9 Å². The van der Waals surface area contributed by atoms with E-state index < -0.39 is 0 Å². The van der Waals surface area contributed by atoms with Crippen LogP contribution in [0.15, 0.2) is 42.6 Å². The lowest BCUT2D eigenvalue weighted by atomic mass is 10.1. The monoisotopic (exact) mass is 284 g/mol. The van der Waals surface area contributed by atoms with Crippen LogP contribution >= 0.6 is 11.3 Å². The highest BCUT2D eigenvalue weighted by molar-refractivity contribution is 7.11. The molecule has 0 atom stereocenters. The van der Waals surface area contributed by atoms with Crippen molar-refractivity contribution in [3.8, 4) is 0 Å². The van der Waals surface area contributed by atoms with Crippen molar-refractivity contribution < 1.29 is 0 Å². The van der Waals surface area contributed by atoms with E-state index in [0.29, 0.717) is 6.54 Å². The molecule has 0 saturated carbocycles. The smallest absolute Gasteiger partial charge is 0.0569 e. The van der Waals surface area contributed by atoms with Gasteiger partial charge in [-0.05, 0) is 43.1 Å². The summed E-state index contributed by atoms with van der Waals surface area (Å²) in [7, 11) is 0. The lowest BCUT2D eigenvalue weighted by molar-refractivity contribution is 0.840. The molecule has 2 aromatic heterocycles. The molecule has 3 heteroatoms. The molecule has 1 aromatic carbocycles. The maximum absolute atomic E-state index is 5.73. The number of benzene rings is 1. The van der Waals surface area contributed by atoms with Crippen LogP contribution in [0.2, 0.25) is 0 Å². The molecule has 0 aliphatic rings.